The molecule has 0 heterocycles. The van der Waals surface area contributed by atoms with Gasteiger partial charge in [-0.3, -0.25) is 4.79 Å². The van der Waals surface area contributed by atoms with Crippen LogP contribution in [0.5, 0.6) is 5.75 Å². The Bertz CT molecular complexity index is 848. The number of nitrogen functional groups attached to an aromatic ring is 1. The van der Waals surface area contributed by atoms with Crippen molar-refractivity contribution in [3.63, 3.8) is 0 Å². The highest BCUT2D eigenvalue weighted by molar-refractivity contribution is 5.98. The second-order valence-corrected chi connectivity index (χ2v) is 5.97. The molecule has 0 radical (unpaired) electrons. The van der Waals surface area contributed by atoms with Crippen molar-refractivity contribution in [2.45, 2.75) is 13.2 Å². The molecule has 3 aromatic rings. The minimum Gasteiger partial charge on any atom is -0.489 e. The maximum Gasteiger partial charge on any atom is 0.188 e. The average Bonchev–Trinajstić information content (AvgIpc) is 2.67. The van der Waals surface area contributed by atoms with Crippen molar-refractivity contribution < 1.29 is 14.3 Å². The fourth-order valence-corrected chi connectivity index (χ4v) is 2.53. The Morgan fingerprint density at radius 3 is 2.08 bits per heavy atom. The summed E-state index contributed by atoms with van der Waals surface area (Å²) in [5.41, 5.74) is 8.97. The fraction of sp³-hybridized carbons (Fsp3) is 0.136. The second-order valence-electron chi connectivity index (χ2n) is 5.97. The van der Waals surface area contributed by atoms with Crippen LogP contribution in [0.1, 0.15) is 21.5 Å². The standard InChI is InChI=1S/C22H21NO3/c23-20-11-19(22(24)16-25-14-17-7-3-1-4-8-17)12-21(13-20)26-15-18-9-5-2-6-10-18/h1-13H,14-16,23H2. The first-order chi connectivity index (χ1) is 12.7. The van der Waals surface area contributed by atoms with E-state index in [0.717, 1.165) is 11.1 Å². The summed E-state index contributed by atoms with van der Waals surface area (Å²) < 4.78 is 11.3. The van der Waals surface area contributed by atoms with Gasteiger partial charge in [0.05, 0.1) is 6.61 Å². The average molecular weight is 347 g/mol. The first-order valence-corrected chi connectivity index (χ1v) is 8.43. The third kappa shape index (κ3) is 5.19. The number of carbonyl (C=O) groups is 1. The zero-order valence-electron chi connectivity index (χ0n) is 14.4. The summed E-state index contributed by atoms with van der Waals surface area (Å²) in [6.07, 6.45) is 0. The number of hydrogen-bond acceptors (Lipinski definition) is 4. The van der Waals surface area contributed by atoms with Gasteiger partial charge in [-0.1, -0.05) is 60.7 Å². The molecule has 0 amide bonds. The number of benzene rings is 3. The predicted molar refractivity (Wildman–Crippen MR) is 102 cm³/mol. The second kappa shape index (κ2) is 8.83. The topological polar surface area (TPSA) is 61.5 Å². The summed E-state index contributed by atoms with van der Waals surface area (Å²) in [6, 6.07) is 24.6. The van der Waals surface area contributed by atoms with E-state index in [1.54, 1.807) is 18.2 Å². The van der Waals surface area contributed by atoms with Gasteiger partial charge in [-0.2, -0.15) is 0 Å². The number of nitrogens with two attached hydrogens (primary N) is 1. The Morgan fingerprint density at radius 2 is 1.42 bits per heavy atom. The number of carbonyl (C=O) groups excluding carboxylic acids is 1. The van der Waals surface area contributed by atoms with Gasteiger partial charge in [0.25, 0.3) is 0 Å². The summed E-state index contributed by atoms with van der Waals surface area (Å²) in [5, 5.41) is 0. The van der Waals surface area contributed by atoms with E-state index < -0.39 is 0 Å². The van der Waals surface area contributed by atoms with E-state index in [4.69, 9.17) is 15.2 Å². The van der Waals surface area contributed by atoms with E-state index in [1.807, 2.05) is 60.7 Å². The molecule has 0 spiro atoms. The van der Waals surface area contributed by atoms with Gasteiger partial charge in [0.15, 0.2) is 5.78 Å². The molecule has 132 valence electrons. The van der Waals surface area contributed by atoms with Crippen LogP contribution in [-0.4, -0.2) is 12.4 Å². The van der Waals surface area contributed by atoms with E-state index in [1.165, 1.54) is 0 Å². The molecule has 0 aromatic heterocycles. The Balaban J connectivity index is 1.58. The van der Waals surface area contributed by atoms with Crippen LogP contribution < -0.4 is 10.5 Å². The van der Waals surface area contributed by atoms with Crippen LogP contribution >= 0.6 is 0 Å². The smallest absolute Gasteiger partial charge is 0.188 e. The quantitative estimate of drug-likeness (QED) is 0.489. The van der Waals surface area contributed by atoms with Gasteiger partial charge in [0, 0.05) is 17.3 Å². The van der Waals surface area contributed by atoms with Crippen LogP contribution in [0.25, 0.3) is 0 Å². The summed E-state index contributed by atoms with van der Waals surface area (Å²) in [6.45, 7) is 0.811. The highest BCUT2D eigenvalue weighted by Gasteiger charge is 2.10. The van der Waals surface area contributed by atoms with Crippen LogP contribution in [0.15, 0.2) is 78.9 Å². The number of ether oxygens (including phenoxy) is 2. The van der Waals surface area contributed by atoms with Gasteiger partial charge >= 0.3 is 0 Å². The fourth-order valence-electron chi connectivity index (χ4n) is 2.53. The molecule has 0 saturated heterocycles. The molecule has 4 heteroatoms. The van der Waals surface area contributed by atoms with Gasteiger partial charge in [0.2, 0.25) is 0 Å². The van der Waals surface area contributed by atoms with Crippen molar-refractivity contribution in [1.29, 1.82) is 0 Å². The van der Waals surface area contributed by atoms with Crippen molar-refractivity contribution in [3.05, 3.63) is 95.6 Å². The lowest BCUT2D eigenvalue weighted by Gasteiger charge is -2.10. The molecule has 3 rings (SSSR count). The first kappa shape index (κ1) is 17.7. The maximum atomic E-state index is 12.4. The molecule has 0 saturated carbocycles. The van der Waals surface area contributed by atoms with Crippen LogP contribution in [0.2, 0.25) is 0 Å². The van der Waals surface area contributed by atoms with Crippen LogP contribution in [0.3, 0.4) is 0 Å². The van der Waals surface area contributed by atoms with Gasteiger partial charge in [-0.15, -0.1) is 0 Å². The van der Waals surface area contributed by atoms with E-state index in [9.17, 15) is 4.79 Å². The van der Waals surface area contributed by atoms with E-state index in [2.05, 4.69) is 0 Å². The lowest BCUT2D eigenvalue weighted by Crippen LogP contribution is -2.10. The SMILES string of the molecule is Nc1cc(OCc2ccccc2)cc(C(=O)COCc2ccccc2)c1. The van der Waals surface area contributed by atoms with Crippen molar-refractivity contribution >= 4 is 11.5 Å². The zero-order valence-corrected chi connectivity index (χ0v) is 14.4. The highest BCUT2D eigenvalue weighted by atomic mass is 16.5. The van der Waals surface area contributed by atoms with Gasteiger partial charge in [-0.05, 0) is 23.3 Å². The number of hydrogen-bond donors (Lipinski definition) is 1. The molecule has 3 aromatic carbocycles. The van der Waals surface area contributed by atoms with Gasteiger partial charge in [-0.25, -0.2) is 0 Å². The van der Waals surface area contributed by atoms with E-state index >= 15 is 0 Å². The van der Waals surface area contributed by atoms with Crippen molar-refractivity contribution in [1.82, 2.24) is 0 Å². The maximum absolute atomic E-state index is 12.4. The summed E-state index contributed by atoms with van der Waals surface area (Å²) in [5.74, 6) is 0.443. The molecule has 4 nitrogen and oxygen atoms in total. The van der Waals surface area contributed by atoms with Crippen molar-refractivity contribution in [2.75, 3.05) is 12.3 Å². The van der Waals surface area contributed by atoms with Crippen molar-refractivity contribution in [3.8, 4) is 5.75 Å². The normalized spacial score (nSPS) is 10.5. The summed E-state index contributed by atoms with van der Waals surface area (Å²) in [7, 11) is 0. The monoisotopic (exact) mass is 347 g/mol. The largest absolute Gasteiger partial charge is 0.489 e. The van der Waals surface area contributed by atoms with Gasteiger partial charge < -0.3 is 15.2 Å². The molecule has 0 aliphatic rings. The molecular weight excluding hydrogens is 326 g/mol. The lowest BCUT2D eigenvalue weighted by molar-refractivity contribution is 0.0726. The molecule has 0 aliphatic heterocycles. The van der Waals surface area contributed by atoms with Crippen molar-refractivity contribution in [2.24, 2.45) is 0 Å². The molecule has 26 heavy (non-hydrogen) atoms. The molecule has 0 unspecified atom stereocenters. The Labute approximate surface area is 153 Å². The molecular formula is C22H21NO3. The minimum absolute atomic E-state index is 0.00350. The third-order valence-corrected chi connectivity index (χ3v) is 3.84. The van der Waals surface area contributed by atoms with E-state index in [0.29, 0.717) is 30.2 Å². The molecule has 0 atom stereocenters. The minimum atomic E-state index is -0.127. The molecule has 0 aliphatic carbocycles. The number of Topliss-reactive ketones (excluding diaryl/α,β-unsaturated/α-hetero) is 1. The Kier molecular flexibility index (Phi) is 6.01. The Morgan fingerprint density at radius 1 is 0.808 bits per heavy atom. The van der Waals surface area contributed by atoms with Crippen LogP contribution in [0, 0.1) is 0 Å². The first-order valence-electron chi connectivity index (χ1n) is 8.43. The number of ketones is 1. The zero-order chi connectivity index (χ0) is 18.2. The third-order valence-electron chi connectivity index (χ3n) is 3.84. The van der Waals surface area contributed by atoms with Gasteiger partial charge in [0.1, 0.15) is 19.0 Å². The summed E-state index contributed by atoms with van der Waals surface area (Å²) in [4.78, 5) is 12.4. The highest BCUT2D eigenvalue weighted by Crippen LogP contribution is 2.21. The number of rotatable bonds is 8. The molecule has 0 fully saturated rings. The van der Waals surface area contributed by atoms with Crippen LogP contribution in [-0.2, 0) is 18.0 Å². The number of anilines is 1. The lowest BCUT2D eigenvalue weighted by atomic mass is 10.1. The Hall–Kier alpha value is -3.11. The summed E-state index contributed by atoms with van der Waals surface area (Å²) >= 11 is 0. The van der Waals surface area contributed by atoms with E-state index in [-0.39, 0.29) is 12.4 Å². The molecule has 0 bridgehead atoms. The predicted octanol–water partition coefficient (Wildman–Crippen LogP) is 4.25. The van der Waals surface area contributed by atoms with Crippen LogP contribution in [0.4, 0.5) is 5.69 Å². The molecule has 2 N–H and O–H groups in total.